The second-order valence-corrected chi connectivity index (χ2v) is 23.8. The van der Waals surface area contributed by atoms with E-state index in [1.807, 2.05) is 0 Å². The SMILES string of the molecule is CC/C=C\C/C=C\C/C=C\C/C=C\CCCCCCCCC(=O)OCC(COC1OC(C(=O)O)C(O)C(O)C1OC(=O)CCCCCCCCCCC/C=C\C/C=C\CCCCC)OC(=O)CCCCCCCCCCC/C=C\C/C=C\CCCCC. The minimum absolute atomic E-state index is 0.0510. The zero-order valence-electron chi connectivity index (χ0n) is 55.2. The first-order valence-corrected chi connectivity index (χ1v) is 35.2. The second-order valence-electron chi connectivity index (χ2n) is 23.8. The third kappa shape index (κ3) is 51.1. The maximum absolute atomic E-state index is 13.3. The Labute approximate surface area is 530 Å². The van der Waals surface area contributed by atoms with Crippen molar-refractivity contribution in [3.63, 3.8) is 0 Å². The highest BCUT2D eigenvalue weighted by Crippen LogP contribution is 2.27. The minimum atomic E-state index is -1.91. The predicted molar refractivity (Wildman–Crippen MR) is 358 cm³/mol. The van der Waals surface area contributed by atoms with Gasteiger partial charge in [0.25, 0.3) is 0 Å². The van der Waals surface area contributed by atoms with Gasteiger partial charge in [0.1, 0.15) is 18.8 Å². The lowest BCUT2D eigenvalue weighted by molar-refractivity contribution is -0.301. The van der Waals surface area contributed by atoms with Crippen molar-refractivity contribution in [3.8, 4) is 0 Å². The maximum Gasteiger partial charge on any atom is 0.335 e. The van der Waals surface area contributed by atoms with Gasteiger partial charge in [-0.2, -0.15) is 0 Å². The average molecular weight is 1220 g/mol. The fourth-order valence-corrected chi connectivity index (χ4v) is 10.2. The topological polar surface area (TPSA) is 175 Å². The zero-order valence-corrected chi connectivity index (χ0v) is 55.2. The molecule has 498 valence electrons. The van der Waals surface area contributed by atoms with Gasteiger partial charge in [-0.25, -0.2) is 4.79 Å². The Kier molecular flexibility index (Phi) is 57.3. The van der Waals surface area contributed by atoms with Gasteiger partial charge in [0, 0.05) is 19.3 Å². The van der Waals surface area contributed by atoms with Crippen LogP contribution < -0.4 is 0 Å². The van der Waals surface area contributed by atoms with Gasteiger partial charge in [0.15, 0.2) is 24.6 Å². The Morgan fingerprint density at radius 3 is 1.10 bits per heavy atom. The summed E-state index contributed by atoms with van der Waals surface area (Å²) in [4.78, 5) is 51.5. The van der Waals surface area contributed by atoms with E-state index in [4.69, 9.17) is 23.7 Å². The molecule has 0 aromatic rings. The predicted octanol–water partition coefficient (Wildman–Crippen LogP) is 19.6. The number of hydrogen-bond acceptors (Lipinski definition) is 11. The monoisotopic (exact) mass is 1220 g/mol. The van der Waals surface area contributed by atoms with Gasteiger partial charge in [-0.3, -0.25) is 14.4 Å². The van der Waals surface area contributed by atoms with Crippen LogP contribution in [0.1, 0.15) is 303 Å². The molecule has 3 N–H and O–H groups in total. The van der Waals surface area contributed by atoms with Crippen molar-refractivity contribution in [1.82, 2.24) is 0 Å². The molecule has 1 aliphatic heterocycles. The van der Waals surface area contributed by atoms with E-state index < -0.39 is 67.3 Å². The van der Waals surface area contributed by atoms with Gasteiger partial charge < -0.3 is 39.0 Å². The Balaban J connectivity index is 2.65. The molecular formula is C75H126O12. The standard InChI is InChI=1S/C75H126O12/c1-4-7-10-13-16-19-22-25-28-31-34-37-40-43-46-49-52-55-58-61-67(76)83-64-66(85-68(77)62-59-56-53-50-47-44-41-38-35-32-29-26-23-20-17-14-11-8-5-2)65-84-75-73(71(80)70(79)72(87-75)74(81)82)86-69(78)63-60-57-54-51-48-45-42-39-36-33-30-27-24-21-18-15-12-9-6-3/h7,10,16-21,25-30,34,37,66,70-73,75,79-80H,4-6,8-9,11-15,22-24,31-33,35-36,38-65H2,1-3H3,(H,81,82)/b10-7-,19-16-,20-17-,21-18-,28-25-,29-26-,30-27-,37-34-. The van der Waals surface area contributed by atoms with Crippen molar-refractivity contribution < 1.29 is 58.2 Å². The zero-order chi connectivity index (χ0) is 63.1. The highest BCUT2D eigenvalue weighted by Gasteiger charge is 2.50. The molecule has 12 heteroatoms. The lowest BCUT2D eigenvalue weighted by atomic mass is 9.98. The molecule has 1 aliphatic rings. The number of hydrogen-bond donors (Lipinski definition) is 3. The summed E-state index contributed by atoms with van der Waals surface area (Å²) in [6.07, 6.45) is 70.6. The number of carbonyl (C=O) groups excluding carboxylic acids is 3. The van der Waals surface area contributed by atoms with Gasteiger partial charge in [-0.1, -0.05) is 259 Å². The Morgan fingerprint density at radius 2 is 0.724 bits per heavy atom. The Morgan fingerprint density at radius 1 is 0.391 bits per heavy atom. The van der Waals surface area contributed by atoms with Crippen LogP contribution in [-0.4, -0.2) is 89.2 Å². The molecule has 0 saturated carbocycles. The Hall–Kier alpha value is -4.36. The summed E-state index contributed by atoms with van der Waals surface area (Å²) in [6.45, 7) is 5.86. The van der Waals surface area contributed by atoms with Gasteiger partial charge in [0.2, 0.25) is 0 Å². The van der Waals surface area contributed by atoms with Gasteiger partial charge in [-0.05, 0) is 122 Å². The van der Waals surface area contributed by atoms with Crippen LogP contribution in [-0.2, 0) is 42.9 Å². The Bertz CT molecular complexity index is 1880. The molecule has 0 bridgehead atoms. The van der Waals surface area contributed by atoms with Gasteiger partial charge in [0.05, 0.1) is 6.61 Å². The number of unbranched alkanes of at least 4 members (excludes halogenated alkanes) is 30. The molecule has 6 unspecified atom stereocenters. The second kappa shape index (κ2) is 61.9. The van der Waals surface area contributed by atoms with Crippen LogP contribution >= 0.6 is 0 Å². The lowest BCUT2D eigenvalue weighted by Crippen LogP contribution is -2.61. The molecule has 0 radical (unpaired) electrons. The van der Waals surface area contributed by atoms with E-state index in [0.29, 0.717) is 19.3 Å². The molecule has 87 heavy (non-hydrogen) atoms. The fraction of sp³-hybridized carbons (Fsp3) is 0.733. The molecule has 0 aromatic heterocycles. The number of rotatable bonds is 60. The van der Waals surface area contributed by atoms with Crippen molar-refractivity contribution in [1.29, 1.82) is 0 Å². The number of esters is 3. The van der Waals surface area contributed by atoms with Crippen molar-refractivity contribution in [2.24, 2.45) is 0 Å². The third-order valence-electron chi connectivity index (χ3n) is 15.6. The van der Waals surface area contributed by atoms with E-state index in [-0.39, 0.29) is 25.9 Å². The van der Waals surface area contributed by atoms with Crippen LogP contribution in [0, 0.1) is 0 Å². The molecule has 12 nitrogen and oxygen atoms in total. The number of aliphatic hydroxyl groups is 2. The lowest BCUT2D eigenvalue weighted by Gasteiger charge is -2.40. The van der Waals surface area contributed by atoms with E-state index >= 15 is 0 Å². The molecule has 6 atom stereocenters. The molecule has 1 heterocycles. The summed E-state index contributed by atoms with van der Waals surface area (Å²) in [5, 5.41) is 31.7. The summed E-state index contributed by atoms with van der Waals surface area (Å²) in [5.74, 6) is -3.14. The number of aliphatic hydroxyl groups excluding tert-OH is 2. The van der Waals surface area contributed by atoms with Crippen LogP contribution in [0.2, 0.25) is 0 Å². The molecule has 0 aromatic carbocycles. The van der Waals surface area contributed by atoms with E-state index in [2.05, 4.69) is 118 Å². The van der Waals surface area contributed by atoms with Crippen molar-refractivity contribution >= 4 is 23.9 Å². The molecule has 0 spiro atoms. The number of aliphatic carboxylic acids is 1. The summed E-state index contributed by atoms with van der Waals surface area (Å²) >= 11 is 0. The smallest absolute Gasteiger partial charge is 0.335 e. The summed E-state index contributed by atoms with van der Waals surface area (Å²) < 4.78 is 28.6. The number of carbonyl (C=O) groups is 4. The molecule has 1 fully saturated rings. The number of ether oxygens (including phenoxy) is 5. The highest BCUT2D eigenvalue weighted by atomic mass is 16.7. The quantitative estimate of drug-likeness (QED) is 0.0228. The normalized spacial score (nSPS) is 17.9. The van der Waals surface area contributed by atoms with Crippen LogP contribution in [0.15, 0.2) is 97.2 Å². The molecule has 1 rings (SSSR count). The summed E-state index contributed by atoms with van der Waals surface area (Å²) in [5.41, 5.74) is 0. The van der Waals surface area contributed by atoms with Crippen LogP contribution in [0.3, 0.4) is 0 Å². The van der Waals surface area contributed by atoms with Crippen molar-refractivity contribution in [3.05, 3.63) is 97.2 Å². The average Bonchev–Trinajstić information content (AvgIpc) is 2.56. The fourth-order valence-electron chi connectivity index (χ4n) is 10.2. The largest absolute Gasteiger partial charge is 0.479 e. The van der Waals surface area contributed by atoms with Crippen LogP contribution in [0.4, 0.5) is 0 Å². The molecule has 1 saturated heterocycles. The highest BCUT2D eigenvalue weighted by molar-refractivity contribution is 5.74. The summed E-state index contributed by atoms with van der Waals surface area (Å²) in [7, 11) is 0. The third-order valence-corrected chi connectivity index (χ3v) is 15.6. The van der Waals surface area contributed by atoms with Gasteiger partial charge in [-0.15, -0.1) is 0 Å². The van der Waals surface area contributed by atoms with Gasteiger partial charge >= 0.3 is 23.9 Å². The van der Waals surface area contributed by atoms with Crippen LogP contribution in [0.25, 0.3) is 0 Å². The molecule has 0 amide bonds. The number of carboxylic acids is 1. The van der Waals surface area contributed by atoms with E-state index in [9.17, 15) is 34.5 Å². The molecular weight excluding hydrogens is 1090 g/mol. The van der Waals surface area contributed by atoms with E-state index in [1.54, 1.807) is 0 Å². The first-order valence-electron chi connectivity index (χ1n) is 35.2. The van der Waals surface area contributed by atoms with E-state index in [0.717, 1.165) is 141 Å². The first-order chi connectivity index (χ1) is 42.6. The van der Waals surface area contributed by atoms with Crippen LogP contribution in [0.5, 0.6) is 0 Å². The number of allylic oxidation sites excluding steroid dienone is 16. The van der Waals surface area contributed by atoms with E-state index in [1.165, 1.54) is 103 Å². The van der Waals surface area contributed by atoms with Crippen molar-refractivity contribution in [2.75, 3.05) is 13.2 Å². The minimum Gasteiger partial charge on any atom is -0.479 e. The molecule has 0 aliphatic carbocycles. The van der Waals surface area contributed by atoms with Crippen molar-refractivity contribution in [2.45, 2.75) is 340 Å². The first kappa shape index (κ1) is 80.7. The number of carboxylic acid groups (broad SMARTS) is 1. The summed E-state index contributed by atoms with van der Waals surface area (Å²) in [6, 6.07) is 0. The maximum atomic E-state index is 13.3.